The quantitative estimate of drug-likeness (QED) is 0.780. The second kappa shape index (κ2) is 8.71. The number of primary amides is 1. The molecule has 2 atom stereocenters. The molecule has 0 spiro atoms. The molecule has 5 nitrogen and oxygen atoms in total. The Hall–Kier alpha value is -2.04. The third kappa shape index (κ3) is 5.25. The van der Waals surface area contributed by atoms with Crippen LogP contribution in [0.25, 0.3) is 0 Å². The summed E-state index contributed by atoms with van der Waals surface area (Å²) in [5, 5.41) is 0. The maximum Gasteiger partial charge on any atom is 0.222 e. The number of nitrogens with zero attached hydrogens (tertiary/aromatic N) is 1. The van der Waals surface area contributed by atoms with Crippen molar-refractivity contribution in [3.63, 3.8) is 0 Å². The first-order chi connectivity index (χ1) is 11.5. The minimum absolute atomic E-state index is 0.115. The molecule has 0 bridgehead atoms. The maximum absolute atomic E-state index is 12.4. The van der Waals surface area contributed by atoms with Crippen molar-refractivity contribution in [3.05, 3.63) is 29.8 Å². The molecule has 1 aromatic carbocycles. The van der Waals surface area contributed by atoms with Gasteiger partial charge in [-0.1, -0.05) is 12.1 Å². The van der Waals surface area contributed by atoms with Crippen molar-refractivity contribution in [3.8, 4) is 5.75 Å². The van der Waals surface area contributed by atoms with Crippen molar-refractivity contribution in [1.29, 1.82) is 0 Å². The Bertz CT molecular complexity index is 573. The van der Waals surface area contributed by atoms with Crippen LogP contribution in [-0.2, 0) is 9.59 Å². The fourth-order valence-electron chi connectivity index (χ4n) is 3.10. The lowest BCUT2D eigenvalue weighted by Gasteiger charge is -2.37. The first kappa shape index (κ1) is 18.3. The molecule has 1 aliphatic rings. The smallest absolute Gasteiger partial charge is 0.222 e. The molecule has 0 unspecified atom stereocenters. The van der Waals surface area contributed by atoms with E-state index in [1.165, 1.54) is 5.56 Å². The van der Waals surface area contributed by atoms with E-state index in [9.17, 15) is 9.59 Å². The predicted octanol–water partition coefficient (Wildman–Crippen LogP) is 2.66. The molecular weight excluding hydrogens is 304 g/mol. The second-order valence-electron chi connectivity index (χ2n) is 6.69. The maximum atomic E-state index is 12.4. The number of rotatable bonds is 7. The lowest BCUT2D eigenvalue weighted by molar-refractivity contribution is -0.137. The molecule has 1 fully saturated rings. The van der Waals surface area contributed by atoms with E-state index in [0.717, 1.165) is 31.4 Å². The van der Waals surface area contributed by atoms with Gasteiger partial charge in [0.05, 0.1) is 12.5 Å². The van der Waals surface area contributed by atoms with Crippen molar-refractivity contribution in [2.45, 2.75) is 52.0 Å². The number of likely N-dealkylation sites (tertiary alicyclic amines) is 1. The van der Waals surface area contributed by atoms with Crippen LogP contribution >= 0.6 is 0 Å². The molecule has 1 heterocycles. The van der Waals surface area contributed by atoms with Crippen LogP contribution in [-0.4, -0.2) is 35.9 Å². The predicted molar refractivity (Wildman–Crippen MR) is 93.6 cm³/mol. The van der Waals surface area contributed by atoms with Gasteiger partial charge in [-0.15, -0.1) is 0 Å². The van der Waals surface area contributed by atoms with Gasteiger partial charge in [0.25, 0.3) is 0 Å². The van der Waals surface area contributed by atoms with Crippen molar-refractivity contribution < 1.29 is 14.3 Å². The van der Waals surface area contributed by atoms with Crippen LogP contribution < -0.4 is 10.5 Å². The van der Waals surface area contributed by atoms with Crippen LogP contribution in [0.4, 0.5) is 0 Å². The number of piperidine rings is 1. The average Bonchev–Trinajstić information content (AvgIpc) is 2.54. The van der Waals surface area contributed by atoms with Crippen molar-refractivity contribution in [1.82, 2.24) is 4.90 Å². The highest BCUT2D eigenvalue weighted by Crippen LogP contribution is 2.23. The van der Waals surface area contributed by atoms with Crippen LogP contribution in [0.5, 0.6) is 5.75 Å². The molecule has 0 saturated carbocycles. The zero-order chi connectivity index (χ0) is 17.5. The summed E-state index contributed by atoms with van der Waals surface area (Å²) in [4.78, 5) is 25.6. The zero-order valence-electron chi connectivity index (χ0n) is 14.7. The van der Waals surface area contributed by atoms with Gasteiger partial charge >= 0.3 is 0 Å². The highest BCUT2D eigenvalue weighted by Gasteiger charge is 2.31. The average molecular weight is 332 g/mol. The van der Waals surface area contributed by atoms with Crippen LogP contribution in [0.1, 0.15) is 44.6 Å². The number of carbonyl (C=O) groups excluding carboxylic acids is 2. The molecule has 5 heteroatoms. The van der Waals surface area contributed by atoms with E-state index in [1.54, 1.807) is 0 Å². The minimum Gasteiger partial charge on any atom is -0.494 e. The summed E-state index contributed by atoms with van der Waals surface area (Å²) in [6.07, 6.45) is 3.74. The number of ether oxygens (including phenoxy) is 1. The lowest BCUT2D eigenvalue weighted by atomic mass is 9.92. The largest absolute Gasteiger partial charge is 0.494 e. The molecule has 1 aromatic rings. The van der Waals surface area contributed by atoms with Gasteiger partial charge in [-0.05, 0) is 57.2 Å². The first-order valence-corrected chi connectivity index (χ1v) is 8.75. The van der Waals surface area contributed by atoms with E-state index in [0.29, 0.717) is 19.6 Å². The van der Waals surface area contributed by atoms with E-state index in [-0.39, 0.29) is 23.8 Å². The number of carbonyl (C=O) groups is 2. The fourth-order valence-corrected chi connectivity index (χ4v) is 3.10. The van der Waals surface area contributed by atoms with E-state index >= 15 is 0 Å². The molecule has 2 amide bonds. The van der Waals surface area contributed by atoms with Gasteiger partial charge in [0.1, 0.15) is 5.75 Å². The molecular formula is C19H28N2O3. The highest BCUT2D eigenvalue weighted by atomic mass is 16.5. The van der Waals surface area contributed by atoms with Crippen LogP contribution in [0.15, 0.2) is 24.3 Å². The Morgan fingerprint density at radius 3 is 2.79 bits per heavy atom. The lowest BCUT2D eigenvalue weighted by Crippen LogP contribution is -2.48. The number of hydrogen-bond acceptors (Lipinski definition) is 3. The zero-order valence-corrected chi connectivity index (χ0v) is 14.7. The number of benzene rings is 1. The van der Waals surface area contributed by atoms with Gasteiger partial charge in [0.2, 0.25) is 11.8 Å². The minimum atomic E-state index is -0.300. The molecule has 1 aliphatic heterocycles. The van der Waals surface area contributed by atoms with Gasteiger partial charge in [0, 0.05) is 19.0 Å². The molecule has 132 valence electrons. The number of aryl methyl sites for hydroxylation is 1. The monoisotopic (exact) mass is 332 g/mol. The second-order valence-corrected chi connectivity index (χ2v) is 6.69. The van der Waals surface area contributed by atoms with Crippen molar-refractivity contribution in [2.75, 3.05) is 13.2 Å². The summed E-state index contributed by atoms with van der Waals surface area (Å²) in [5.41, 5.74) is 6.56. The third-order valence-electron chi connectivity index (χ3n) is 4.65. The van der Waals surface area contributed by atoms with Gasteiger partial charge in [-0.2, -0.15) is 0 Å². The number of unbranched alkanes of at least 4 members (excludes halogenated alkanes) is 1. The fraction of sp³-hybridized carbons (Fsp3) is 0.579. The SMILES string of the molecule is Cc1cccc(OCCCCC(=O)N2C[C@H](C(N)=O)CC[C@H]2C)c1. The summed E-state index contributed by atoms with van der Waals surface area (Å²) in [6, 6.07) is 8.14. The van der Waals surface area contributed by atoms with Crippen molar-refractivity contribution in [2.24, 2.45) is 11.7 Å². The molecule has 1 saturated heterocycles. The summed E-state index contributed by atoms with van der Waals surface area (Å²) >= 11 is 0. The number of amides is 2. The summed E-state index contributed by atoms with van der Waals surface area (Å²) in [6.45, 7) is 5.14. The van der Waals surface area contributed by atoms with E-state index < -0.39 is 0 Å². The number of hydrogen-bond donors (Lipinski definition) is 1. The highest BCUT2D eigenvalue weighted by molar-refractivity contribution is 5.80. The van der Waals surface area contributed by atoms with Crippen LogP contribution in [0.2, 0.25) is 0 Å². The molecule has 0 aliphatic carbocycles. The Morgan fingerprint density at radius 1 is 1.29 bits per heavy atom. The Kier molecular flexibility index (Phi) is 6.64. The summed E-state index contributed by atoms with van der Waals surface area (Å²) in [7, 11) is 0. The molecule has 0 aromatic heterocycles. The van der Waals surface area contributed by atoms with Crippen molar-refractivity contribution >= 4 is 11.8 Å². The molecule has 0 radical (unpaired) electrons. The summed E-state index contributed by atoms with van der Waals surface area (Å²) < 4.78 is 5.70. The Morgan fingerprint density at radius 2 is 2.08 bits per heavy atom. The van der Waals surface area contributed by atoms with E-state index in [2.05, 4.69) is 0 Å². The van der Waals surface area contributed by atoms with Gasteiger partial charge in [-0.3, -0.25) is 9.59 Å². The Labute approximate surface area is 144 Å². The van der Waals surface area contributed by atoms with Gasteiger partial charge < -0.3 is 15.4 Å². The third-order valence-corrected chi connectivity index (χ3v) is 4.65. The first-order valence-electron chi connectivity index (χ1n) is 8.75. The summed E-state index contributed by atoms with van der Waals surface area (Å²) in [5.74, 6) is 0.486. The van der Waals surface area contributed by atoms with E-state index in [4.69, 9.17) is 10.5 Å². The number of nitrogens with two attached hydrogens (primary N) is 1. The van der Waals surface area contributed by atoms with Crippen LogP contribution in [0, 0.1) is 12.8 Å². The van der Waals surface area contributed by atoms with E-state index in [1.807, 2.05) is 43.0 Å². The van der Waals surface area contributed by atoms with Gasteiger partial charge in [-0.25, -0.2) is 0 Å². The van der Waals surface area contributed by atoms with Crippen LogP contribution in [0.3, 0.4) is 0 Å². The Balaban J connectivity index is 1.69. The molecule has 24 heavy (non-hydrogen) atoms. The van der Waals surface area contributed by atoms with Gasteiger partial charge in [0.15, 0.2) is 0 Å². The topological polar surface area (TPSA) is 72.6 Å². The standard InChI is InChI=1S/C19H28N2O3/c1-14-6-5-7-17(12-14)24-11-4-3-8-18(22)21-13-16(19(20)23)10-9-15(21)2/h5-7,12,15-16H,3-4,8-11,13H2,1-2H3,(H2,20,23)/t15-,16-/m1/s1. The normalized spacial score (nSPS) is 20.7. The molecule has 2 rings (SSSR count). The molecule has 2 N–H and O–H groups in total.